The van der Waals surface area contributed by atoms with Gasteiger partial charge in [-0.2, -0.15) is 0 Å². The van der Waals surface area contributed by atoms with E-state index in [1.54, 1.807) is 0 Å². The summed E-state index contributed by atoms with van der Waals surface area (Å²) in [5, 5.41) is 20.5. The van der Waals surface area contributed by atoms with Gasteiger partial charge in [-0.15, -0.1) is 0 Å². The number of aliphatic hydroxyl groups is 1. The number of halogens is 2. The number of hydrogen-bond acceptors (Lipinski definition) is 3. The van der Waals surface area contributed by atoms with Gasteiger partial charge in [0.25, 0.3) is 0 Å². The van der Waals surface area contributed by atoms with E-state index < -0.39 is 35.8 Å². The molecule has 0 radical (unpaired) electrons. The Morgan fingerprint density at radius 1 is 1.35 bits per heavy atom. The number of nitrogens with zero attached hydrogens (tertiary/aromatic N) is 1. The maximum atomic E-state index is 13.4. The number of β-amino-alcohol motifs (C(OH)–C–C–N with tert-alkyl or cyclic N) is 1. The summed E-state index contributed by atoms with van der Waals surface area (Å²) < 4.78 is 26.4. The first-order valence-electron chi connectivity index (χ1n) is 5.82. The summed E-state index contributed by atoms with van der Waals surface area (Å²) >= 11 is 0. The van der Waals surface area contributed by atoms with Crippen LogP contribution in [0.2, 0.25) is 0 Å². The summed E-state index contributed by atoms with van der Waals surface area (Å²) in [7, 11) is 0. The van der Waals surface area contributed by atoms with Crippen LogP contribution in [0.25, 0.3) is 0 Å². The quantitative estimate of drug-likeness (QED) is 0.757. The van der Waals surface area contributed by atoms with Crippen molar-refractivity contribution in [1.82, 2.24) is 4.90 Å². The zero-order chi connectivity index (χ0) is 14.9. The van der Waals surface area contributed by atoms with Crippen molar-refractivity contribution in [3.05, 3.63) is 29.8 Å². The molecule has 1 heterocycles. The summed E-state index contributed by atoms with van der Waals surface area (Å²) in [6, 6.07) is 1.16. The molecule has 3 N–H and O–H groups in total. The molecular weight excluding hydrogens is 274 g/mol. The van der Waals surface area contributed by atoms with E-state index in [1.165, 1.54) is 6.07 Å². The smallest absolute Gasteiger partial charge is 0.326 e. The van der Waals surface area contributed by atoms with Crippen molar-refractivity contribution in [1.29, 1.82) is 0 Å². The average Bonchev–Trinajstić information content (AvgIpc) is 2.77. The highest BCUT2D eigenvalue weighted by atomic mass is 19.2. The van der Waals surface area contributed by atoms with Gasteiger partial charge in [0.2, 0.25) is 0 Å². The molecule has 20 heavy (non-hydrogen) atoms. The Kier molecular flexibility index (Phi) is 3.84. The molecule has 8 heteroatoms. The molecule has 0 aliphatic carbocycles. The highest BCUT2D eigenvalue weighted by molar-refractivity contribution is 5.92. The molecule has 1 aliphatic rings. The fourth-order valence-corrected chi connectivity index (χ4v) is 2.06. The first-order chi connectivity index (χ1) is 9.40. The maximum Gasteiger partial charge on any atom is 0.326 e. The minimum absolute atomic E-state index is 0.103. The number of benzene rings is 1. The standard InChI is InChI=1S/C12H12F2N2O4/c13-7-2-1-3-8(10(7)14)15-12(20)16-5-6(17)4-9(16)11(18)19/h1-3,6,9,17H,4-5H2,(H,15,20)(H,18,19)/t6-,9+/m1/s1. The molecule has 6 nitrogen and oxygen atoms in total. The van der Waals surface area contributed by atoms with Gasteiger partial charge in [0.05, 0.1) is 11.8 Å². The Labute approximate surface area is 112 Å². The molecule has 0 unspecified atom stereocenters. The molecule has 2 rings (SSSR count). The first kappa shape index (κ1) is 14.2. The van der Waals surface area contributed by atoms with Gasteiger partial charge in [-0.05, 0) is 12.1 Å². The van der Waals surface area contributed by atoms with Crippen LogP contribution in [0.3, 0.4) is 0 Å². The lowest BCUT2D eigenvalue weighted by molar-refractivity contribution is -0.141. The van der Waals surface area contributed by atoms with Crippen LogP contribution >= 0.6 is 0 Å². The van der Waals surface area contributed by atoms with Crippen LogP contribution in [0.4, 0.5) is 19.3 Å². The Balaban J connectivity index is 2.15. The number of likely N-dealkylation sites (tertiary alicyclic amines) is 1. The zero-order valence-electron chi connectivity index (χ0n) is 10.2. The second-order valence-electron chi connectivity index (χ2n) is 4.43. The SMILES string of the molecule is O=C(O)[C@@H]1C[C@@H](O)CN1C(=O)Nc1cccc(F)c1F. The van der Waals surface area contributed by atoms with Crippen LogP contribution < -0.4 is 5.32 Å². The van der Waals surface area contributed by atoms with E-state index in [0.717, 1.165) is 17.0 Å². The summed E-state index contributed by atoms with van der Waals surface area (Å²) in [5.41, 5.74) is -0.388. The molecule has 0 bridgehead atoms. The third-order valence-corrected chi connectivity index (χ3v) is 3.02. The van der Waals surface area contributed by atoms with E-state index in [1.807, 2.05) is 0 Å². The molecule has 0 aromatic heterocycles. The predicted octanol–water partition coefficient (Wildman–Crippen LogP) is 1.02. The molecular formula is C12H12F2N2O4. The number of urea groups is 1. The third-order valence-electron chi connectivity index (χ3n) is 3.02. The second kappa shape index (κ2) is 5.41. The van der Waals surface area contributed by atoms with Gasteiger partial charge in [0.1, 0.15) is 6.04 Å². The lowest BCUT2D eigenvalue weighted by Crippen LogP contribution is -2.43. The number of carbonyl (C=O) groups excluding carboxylic acids is 1. The predicted molar refractivity (Wildman–Crippen MR) is 64.1 cm³/mol. The van der Waals surface area contributed by atoms with Gasteiger partial charge in [-0.1, -0.05) is 6.07 Å². The Morgan fingerprint density at radius 2 is 2.05 bits per heavy atom. The summed E-state index contributed by atoms with van der Waals surface area (Å²) in [6.07, 6.45) is -1.06. The molecule has 1 saturated heterocycles. The molecule has 2 amide bonds. The Hall–Kier alpha value is -2.22. The van der Waals surface area contributed by atoms with Crippen molar-refractivity contribution in [3.8, 4) is 0 Å². The Bertz CT molecular complexity index is 552. The van der Waals surface area contributed by atoms with E-state index in [2.05, 4.69) is 5.32 Å². The summed E-state index contributed by atoms with van der Waals surface area (Å²) in [6.45, 7) is -0.181. The molecule has 0 spiro atoms. The Morgan fingerprint density at radius 3 is 2.70 bits per heavy atom. The zero-order valence-corrected chi connectivity index (χ0v) is 10.2. The molecule has 108 valence electrons. The van der Waals surface area contributed by atoms with Gasteiger partial charge in [0.15, 0.2) is 11.6 Å². The van der Waals surface area contributed by atoms with E-state index in [-0.39, 0.29) is 18.7 Å². The maximum absolute atomic E-state index is 13.4. The van der Waals surface area contributed by atoms with Crippen LogP contribution in [-0.2, 0) is 4.79 Å². The average molecular weight is 286 g/mol. The number of nitrogens with one attached hydrogen (secondary N) is 1. The third kappa shape index (κ3) is 2.69. The van der Waals surface area contributed by atoms with Crippen LogP contribution in [0.5, 0.6) is 0 Å². The fraction of sp³-hybridized carbons (Fsp3) is 0.333. The molecule has 2 atom stereocenters. The minimum Gasteiger partial charge on any atom is -0.480 e. The highest BCUT2D eigenvalue weighted by Gasteiger charge is 2.39. The number of carboxylic acid groups (broad SMARTS) is 1. The molecule has 1 aliphatic heterocycles. The first-order valence-corrected chi connectivity index (χ1v) is 5.82. The monoisotopic (exact) mass is 286 g/mol. The van der Waals surface area contributed by atoms with Crippen molar-refractivity contribution < 1.29 is 28.6 Å². The normalized spacial score (nSPS) is 21.9. The number of anilines is 1. The van der Waals surface area contributed by atoms with Crippen LogP contribution in [-0.4, -0.2) is 45.8 Å². The van der Waals surface area contributed by atoms with Crippen molar-refractivity contribution in [3.63, 3.8) is 0 Å². The van der Waals surface area contributed by atoms with Crippen molar-refractivity contribution in [2.75, 3.05) is 11.9 Å². The van der Waals surface area contributed by atoms with Crippen molar-refractivity contribution >= 4 is 17.7 Å². The highest BCUT2D eigenvalue weighted by Crippen LogP contribution is 2.21. The summed E-state index contributed by atoms with van der Waals surface area (Å²) in [4.78, 5) is 23.7. The van der Waals surface area contributed by atoms with E-state index in [4.69, 9.17) is 5.11 Å². The fourth-order valence-electron chi connectivity index (χ4n) is 2.06. The van der Waals surface area contributed by atoms with E-state index >= 15 is 0 Å². The number of aliphatic carboxylic acids is 1. The molecule has 0 saturated carbocycles. The summed E-state index contributed by atoms with van der Waals surface area (Å²) in [5.74, 6) is -3.62. The number of carbonyl (C=O) groups is 2. The lowest BCUT2D eigenvalue weighted by Gasteiger charge is -2.21. The van der Waals surface area contributed by atoms with E-state index in [9.17, 15) is 23.5 Å². The second-order valence-corrected chi connectivity index (χ2v) is 4.43. The topological polar surface area (TPSA) is 89.9 Å². The molecule has 1 fully saturated rings. The minimum atomic E-state index is -1.27. The largest absolute Gasteiger partial charge is 0.480 e. The van der Waals surface area contributed by atoms with Crippen LogP contribution in [0.1, 0.15) is 6.42 Å². The number of hydrogen-bond donors (Lipinski definition) is 3. The van der Waals surface area contributed by atoms with Crippen LogP contribution in [0.15, 0.2) is 18.2 Å². The van der Waals surface area contributed by atoms with Crippen molar-refractivity contribution in [2.45, 2.75) is 18.6 Å². The van der Waals surface area contributed by atoms with Gasteiger partial charge in [-0.3, -0.25) is 0 Å². The van der Waals surface area contributed by atoms with Gasteiger partial charge < -0.3 is 20.4 Å². The number of aliphatic hydroxyl groups excluding tert-OH is 1. The van der Waals surface area contributed by atoms with Gasteiger partial charge in [0, 0.05) is 13.0 Å². The van der Waals surface area contributed by atoms with Gasteiger partial charge >= 0.3 is 12.0 Å². The number of amides is 2. The van der Waals surface area contributed by atoms with Crippen LogP contribution in [0, 0.1) is 11.6 Å². The molecule has 1 aromatic rings. The van der Waals surface area contributed by atoms with Gasteiger partial charge in [-0.25, -0.2) is 18.4 Å². The lowest BCUT2D eigenvalue weighted by atomic mass is 10.2. The van der Waals surface area contributed by atoms with E-state index in [0.29, 0.717) is 0 Å². The number of rotatable bonds is 2. The molecule has 1 aromatic carbocycles. The number of carboxylic acids is 1. The van der Waals surface area contributed by atoms with Crippen molar-refractivity contribution in [2.24, 2.45) is 0 Å².